The lowest BCUT2D eigenvalue weighted by molar-refractivity contribution is -0.132. The van der Waals surface area contributed by atoms with E-state index in [4.69, 9.17) is 23.2 Å². The third kappa shape index (κ3) is 3.67. The van der Waals surface area contributed by atoms with E-state index >= 15 is 0 Å². The first-order chi connectivity index (χ1) is 9.63. The second-order valence-electron chi connectivity index (χ2n) is 5.96. The molecule has 0 N–H and O–H groups in total. The molecule has 20 heavy (non-hydrogen) atoms. The van der Waals surface area contributed by atoms with Crippen LogP contribution in [0.4, 0.5) is 0 Å². The zero-order chi connectivity index (χ0) is 14.1. The number of nitrogens with zero attached hydrogens (tertiary/aromatic N) is 1. The summed E-state index contributed by atoms with van der Waals surface area (Å²) >= 11 is 12.0. The van der Waals surface area contributed by atoms with Crippen LogP contribution in [0.3, 0.4) is 0 Å². The molecule has 0 aliphatic heterocycles. The molecule has 1 amide bonds. The molecule has 0 radical (unpaired) electrons. The monoisotopic (exact) mass is 311 g/mol. The van der Waals surface area contributed by atoms with E-state index < -0.39 is 0 Å². The van der Waals surface area contributed by atoms with Gasteiger partial charge in [0.15, 0.2) is 0 Å². The Morgan fingerprint density at radius 2 is 1.95 bits per heavy atom. The minimum atomic E-state index is 0.283. The molecule has 0 saturated heterocycles. The van der Waals surface area contributed by atoms with Gasteiger partial charge in [-0.2, -0.15) is 0 Å². The van der Waals surface area contributed by atoms with Gasteiger partial charge >= 0.3 is 0 Å². The number of aryl methyl sites for hydroxylation is 1. The minimum Gasteiger partial charge on any atom is -0.339 e. The van der Waals surface area contributed by atoms with Crippen molar-refractivity contribution < 1.29 is 4.79 Å². The maximum atomic E-state index is 12.4. The van der Waals surface area contributed by atoms with Crippen molar-refractivity contribution >= 4 is 29.1 Å². The van der Waals surface area contributed by atoms with Crippen LogP contribution in [0.25, 0.3) is 0 Å². The van der Waals surface area contributed by atoms with E-state index in [-0.39, 0.29) is 5.91 Å². The number of hydrogen-bond donors (Lipinski definition) is 0. The highest BCUT2D eigenvalue weighted by atomic mass is 35.5. The molecule has 108 valence electrons. The van der Waals surface area contributed by atoms with E-state index in [1.54, 1.807) is 6.07 Å². The normalized spacial score (nSPS) is 18.1. The van der Waals surface area contributed by atoms with Crippen molar-refractivity contribution in [2.45, 2.75) is 44.6 Å². The lowest BCUT2D eigenvalue weighted by Gasteiger charge is -2.22. The first-order valence-electron chi connectivity index (χ1n) is 7.37. The highest BCUT2D eigenvalue weighted by Crippen LogP contribution is 2.35. The first kappa shape index (κ1) is 14.2. The fraction of sp³-hybridized carbons (Fsp3) is 0.562. The predicted octanol–water partition coefficient (Wildman–Crippen LogP) is 4.33. The van der Waals surface area contributed by atoms with Gasteiger partial charge < -0.3 is 4.90 Å². The summed E-state index contributed by atoms with van der Waals surface area (Å²) < 4.78 is 0. The quantitative estimate of drug-likeness (QED) is 0.766. The zero-order valence-corrected chi connectivity index (χ0v) is 13.0. The largest absolute Gasteiger partial charge is 0.339 e. The summed E-state index contributed by atoms with van der Waals surface area (Å²) in [6.45, 7) is 0.970. The first-order valence-corrected chi connectivity index (χ1v) is 8.12. The molecular weight excluding hydrogens is 293 g/mol. The van der Waals surface area contributed by atoms with Gasteiger partial charge in [0.05, 0.1) is 0 Å². The molecule has 2 aliphatic rings. The van der Waals surface area contributed by atoms with Crippen molar-refractivity contribution in [3.05, 3.63) is 33.8 Å². The fourth-order valence-electron chi connectivity index (χ4n) is 2.53. The van der Waals surface area contributed by atoms with Crippen molar-refractivity contribution in [3.63, 3.8) is 0 Å². The lowest BCUT2D eigenvalue weighted by Crippen LogP contribution is -2.35. The number of carbonyl (C=O) groups excluding carboxylic acids is 1. The molecule has 2 saturated carbocycles. The van der Waals surface area contributed by atoms with E-state index in [1.807, 2.05) is 12.1 Å². The van der Waals surface area contributed by atoms with E-state index in [1.165, 1.54) is 25.7 Å². The topological polar surface area (TPSA) is 20.3 Å². The van der Waals surface area contributed by atoms with E-state index in [0.717, 1.165) is 18.0 Å². The van der Waals surface area contributed by atoms with Gasteiger partial charge in [0.1, 0.15) is 0 Å². The Morgan fingerprint density at radius 3 is 2.55 bits per heavy atom. The summed E-state index contributed by atoms with van der Waals surface area (Å²) in [5, 5.41) is 1.30. The van der Waals surface area contributed by atoms with Gasteiger partial charge in [0, 0.05) is 29.1 Å². The molecule has 0 bridgehead atoms. The minimum absolute atomic E-state index is 0.283. The summed E-state index contributed by atoms with van der Waals surface area (Å²) in [4.78, 5) is 14.5. The second kappa shape index (κ2) is 5.95. The van der Waals surface area contributed by atoms with Crippen LogP contribution >= 0.6 is 23.2 Å². The SMILES string of the molecule is O=C(CCc1ccc(Cl)cc1Cl)N(CC1CC1)C1CC1. The Kier molecular flexibility index (Phi) is 4.23. The number of amides is 1. The van der Waals surface area contributed by atoms with Gasteiger partial charge in [-0.1, -0.05) is 29.3 Å². The van der Waals surface area contributed by atoms with Crippen LogP contribution in [0.15, 0.2) is 18.2 Å². The molecule has 4 heteroatoms. The number of rotatable bonds is 6. The van der Waals surface area contributed by atoms with Gasteiger partial charge in [0.2, 0.25) is 5.91 Å². The van der Waals surface area contributed by atoms with Crippen LogP contribution in [-0.4, -0.2) is 23.4 Å². The van der Waals surface area contributed by atoms with Crippen LogP contribution in [0, 0.1) is 5.92 Å². The van der Waals surface area contributed by atoms with Crippen molar-refractivity contribution in [2.75, 3.05) is 6.54 Å². The van der Waals surface area contributed by atoms with Gasteiger partial charge in [-0.15, -0.1) is 0 Å². The lowest BCUT2D eigenvalue weighted by atomic mass is 10.1. The Labute approximate surface area is 130 Å². The highest BCUT2D eigenvalue weighted by molar-refractivity contribution is 6.35. The average Bonchev–Trinajstić information content (AvgIpc) is 3.26. The summed E-state index contributed by atoms with van der Waals surface area (Å²) in [5.41, 5.74) is 1.01. The van der Waals surface area contributed by atoms with Gasteiger partial charge in [-0.25, -0.2) is 0 Å². The molecule has 0 heterocycles. The summed E-state index contributed by atoms with van der Waals surface area (Å²) in [5.74, 6) is 1.05. The maximum Gasteiger partial charge on any atom is 0.223 e. The van der Waals surface area contributed by atoms with Crippen LogP contribution in [0.2, 0.25) is 10.0 Å². The maximum absolute atomic E-state index is 12.4. The van der Waals surface area contributed by atoms with Crippen LogP contribution < -0.4 is 0 Å². The highest BCUT2D eigenvalue weighted by Gasteiger charge is 2.36. The van der Waals surface area contributed by atoms with Crippen molar-refractivity contribution in [3.8, 4) is 0 Å². The molecule has 2 aliphatic carbocycles. The van der Waals surface area contributed by atoms with Crippen LogP contribution in [0.1, 0.15) is 37.7 Å². The Balaban J connectivity index is 1.57. The predicted molar refractivity (Wildman–Crippen MR) is 82.2 cm³/mol. The standard InChI is InChI=1S/C16H19Cl2NO/c17-13-5-3-12(15(18)9-13)4-8-16(20)19(14-6-7-14)10-11-1-2-11/h3,5,9,11,14H,1-2,4,6-8,10H2. The van der Waals surface area contributed by atoms with E-state index in [9.17, 15) is 4.79 Å². The summed E-state index contributed by atoms with van der Waals surface area (Å²) in [6.07, 6.45) is 6.19. The Hall–Kier alpha value is -0.730. The molecule has 0 aromatic heterocycles. The molecule has 0 atom stereocenters. The van der Waals surface area contributed by atoms with Crippen LogP contribution in [-0.2, 0) is 11.2 Å². The molecule has 0 spiro atoms. The average molecular weight is 312 g/mol. The molecule has 1 aromatic carbocycles. The van der Waals surface area contributed by atoms with E-state index in [2.05, 4.69) is 4.90 Å². The molecule has 2 fully saturated rings. The number of hydrogen-bond acceptors (Lipinski definition) is 1. The molecular formula is C16H19Cl2NO. The van der Waals surface area contributed by atoms with Crippen LogP contribution in [0.5, 0.6) is 0 Å². The van der Waals surface area contributed by atoms with Crippen molar-refractivity contribution in [1.82, 2.24) is 4.90 Å². The molecule has 3 rings (SSSR count). The number of carbonyl (C=O) groups is 1. The zero-order valence-electron chi connectivity index (χ0n) is 11.4. The number of halogens is 2. The summed E-state index contributed by atoms with van der Waals surface area (Å²) in [7, 11) is 0. The summed E-state index contributed by atoms with van der Waals surface area (Å²) in [6, 6.07) is 6.01. The Bertz CT molecular complexity index is 509. The van der Waals surface area contributed by atoms with Gasteiger partial charge in [-0.05, 0) is 55.7 Å². The Morgan fingerprint density at radius 1 is 1.20 bits per heavy atom. The van der Waals surface area contributed by atoms with Gasteiger partial charge in [-0.3, -0.25) is 4.79 Å². The molecule has 0 unspecified atom stereocenters. The molecule has 1 aromatic rings. The third-order valence-corrected chi connectivity index (χ3v) is 4.67. The smallest absolute Gasteiger partial charge is 0.223 e. The number of benzene rings is 1. The van der Waals surface area contributed by atoms with E-state index in [0.29, 0.717) is 28.9 Å². The van der Waals surface area contributed by atoms with Crippen molar-refractivity contribution in [2.24, 2.45) is 5.92 Å². The van der Waals surface area contributed by atoms with Gasteiger partial charge in [0.25, 0.3) is 0 Å². The molecule has 2 nitrogen and oxygen atoms in total. The second-order valence-corrected chi connectivity index (χ2v) is 6.80. The van der Waals surface area contributed by atoms with Crippen molar-refractivity contribution in [1.29, 1.82) is 0 Å². The third-order valence-electron chi connectivity index (χ3n) is 4.08. The fourth-order valence-corrected chi connectivity index (χ4v) is 3.03.